The smallest absolute Gasteiger partial charge is 0.109 e. The van der Waals surface area contributed by atoms with E-state index in [4.69, 9.17) is 4.98 Å². The molecule has 1 aromatic heterocycles. The molecular weight excluding hydrogens is 268 g/mol. The zero-order valence-electron chi connectivity index (χ0n) is 12.8. The van der Waals surface area contributed by atoms with Crippen LogP contribution in [0.5, 0.6) is 0 Å². The van der Waals surface area contributed by atoms with E-state index in [0.717, 1.165) is 18.5 Å². The van der Waals surface area contributed by atoms with Crippen molar-refractivity contribution in [2.75, 3.05) is 0 Å². The SMILES string of the molecule is CCCCCCCCn1c(CC)nc2ccccc21.Cl. The van der Waals surface area contributed by atoms with Crippen molar-refractivity contribution in [2.24, 2.45) is 0 Å². The van der Waals surface area contributed by atoms with Crippen LogP contribution in [-0.4, -0.2) is 9.55 Å². The zero-order chi connectivity index (χ0) is 13.5. The van der Waals surface area contributed by atoms with Crippen molar-refractivity contribution in [1.82, 2.24) is 9.55 Å². The lowest BCUT2D eigenvalue weighted by Gasteiger charge is -2.08. The largest absolute Gasteiger partial charge is 0.328 e. The Kier molecular flexibility index (Phi) is 7.68. The van der Waals surface area contributed by atoms with Gasteiger partial charge < -0.3 is 4.57 Å². The highest BCUT2D eigenvalue weighted by molar-refractivity contribution is 5.85. The average molecular weight is 295 g/mol. The quantitative estimate of drug-likeness (QED) is 0.598. The van der Waals surface area contributed by atoms with Crippen molar-refractivity contribution in [1.29, 1.82) is 0 Å². The van der Waals surface area contributed by atoms with Crippen LogP contribution in [0, 0.1) is 0 Å². The molecule has 0 N–H and O–H groups in total. The molecule has 2 rings (SSSR count). The molecule has 0 atom stereocenters. The van der Waals surface area contributed by atoms with Crippen molar-refractivity contribution < 1.29 is 0 Å². The molecule has 0 unspecified atom stereocenters. The predicted molar refractivity (Wildman–Crippen MR) is 89.7 cm³/mol. The van der Waals surface area contributed by atoms with Crippen molar-refractivity contribution in [2.45, 2.75) is 65.3 Å². The summed E-state index contributed by atoms with van der Waals surface area (Å²) in [6, 6.07) is 8.50. The summed E-state index contributed by atoms with van der Waals surface area (Å²) in [6.07, 6.45) is 9.11. The highest BCUT2D eigenvalue weighted by Gasteiger charge is 2.07. The fourth-order valence-corrected chi connectivity index (χ4v) is 2.70. The highest BCUT2D eigenvalue weighted by Crippen LogP contribution is 2.17. The zero-order valence-corrected chi connectivity index (χ0v) is 13.6. The van der Waals surface area contributed by atoms with E-state index in [9.17, 15) is 0 Å². The number of aryl methyl sites for hydroxylation is 2. The van der Waals surface area contributed by atoms with E-state index in [1.54, 1.807) is 0 Å². The van der Waals surface area contributed by atoms with E-state index in [2.05, 4.69) is 42.7 Å². The summed E-state index contributed by atoms with van der Waals surface area (Å²) in [7, 11) is 0. The van der Waals surface area contributed by atoms with Gasteiger partial charge in [-0.05, 0) is 18.6 Å². The first-order chi connectivity index (χ1) is 9.36. The summed E-state index contributed by atoms with van der Waals surface area (Å²) in [6.45, 7) is 5.58. The van der Waals surface area contributed by atoms with Crippen molar-refractivity contribution in [3.05, 3.63) is 30.1 Å². The Labute approximate surface area is 129 Å². The van der Waals surface area contributed by atoms with Crippen LogP contribution >= 0.6 is 12.4 Å². The monoisotopic (exact) mass is 294 g/mol. The normalized spacial score (nSPS) is 10.7. The second-order valence-electron chi connectivity index (χ2n) is 5.29. The fraction of sp³-hybridized carbons (Fsp3) is 0.588. The molecule has 0 bridgehead atoms. The lowest BCUT2D eigenvalue weighted by Crippen LogP contribution is -2.03. The lowest BCUT2D eigenvalue weighted by molar-refractivity contribution is 0.554. The topological polar surface area (TPSA) is 17.8 Å². The van der Waals surface area contributed by atoms with Gasteiger partial charge in [0, 0.05) is 13.0 Å². The van der Waals surface area contributed by atoms with E-state index < -0.39 is 0 Å². The Bertz CT molecular complexity index is 505. The Balaban J connectivity index is 0.00000200. The summed E-state index contributed by atoms with van der Waals surface area (Å²) < 4.78 is 2.41. The van der Waals surface area contributed by atoms with E-state index in [0.29, 0.717) is 0 Å². The molecule has 1 heterocycles. The number of para-hydroxylation sites is 2. The van der Waals surface area contributed by atoms with Gasteiger partial charge in [-0.2, -0.15) is 0 Å². The molecule has 2 aromatic rings. The van der Waals surface area contributed by atoms with Crippen molar-refractivity contribution in [3.8, 4) is 0 Å². The summed E-state index contributed by atoms with van der Waals surface area (Å²) in [4.78, 5) is 4.72. The van der Waals surface area contributed by atoms with Gasteiger partial charge >= 0.3 is 0 Å². The van der Waals surface area contributed by atoms with Crippen LogP contribution < -0.4 is 0 Å². The minimum absolute atomic E-state index is 0. The van der Waals surface area contributed by atoms with Crippen molar-refractivity contribution >= 4 is 23.4 Å². The third-order valence-electron chi connectivity index (χ3n) is 3.79. The Hall–Kier alpha value is -1.02. The van der Waals surface area contributed by atoms with Crippen molar-refractivity contribution in [3.63, 3.8) is 0 Å². The van der Waals surface area contributed by atoms with Gasteiger partial charge in [-0.3, -0.25) is 0 Å². The van der Waals surface area contributed by atoms with E-state index in [1.807, 2.05) is 0 Å². The molecule has 0 aliphatic heterocycles. The molecule has 0 aliphatic carbocycles. The van der Waals surface area contributed by atoms with Gasteiger partial charge in [-0.15, -0.1) is 12.4 Å². The lowest BCUT2D eigenvalue weighted by atomic mass is 10.1. The molecule has 3 heteroatoms. The van der Waals surface area contributed by atoms with Crippen LogP contribution in [0.2, 0.25) is 0 Å². The number of unbranched alkanes of at least 4 members (excludes halogenated alkanes) is 5. The number of aromatic nitrogens is 2. The van der Waals surface area contributed by atoms with E-state index in [-0.39, 0.29) is 12.4 Å². The number of imidazole rings is 1. The number of benzene rings is 1. The maximum absolute atomic E-state index is 4.72. The Morgan fingerprint density at radius 3 is 2.40 bits per heavy atom. The Morgan fingerprint density at radius 1 is 0.950 bits per heavy atom. The number of fused-ring (bicyclic) bond motifs is 1. The average Bonchev–Trinajstić information content (AvgIpc) is 2.81. The second-order valence-corrected chi connectivity index (χ2v) is 5.29. The number of rotatable bonds is 8. The van der Waals surface area contributed by atoms with Gasteiger partial charge in [0.1, 0.15) is 5.82 Å². The molecule has 0 fully saturated rings. The molecule has 0 aliphatic rings. The summed E-state index contributed by atoms with van der Waals surface area (Å²) in [5, 5.41) is 0. The highest BCUT2D eigenvalue weighted by atomic mass is 35.5. The number of nitrogens with zero attached hydrogens (tertiary/aromatic N) is 2. The van der Waals surface area contributed by atoms with Gasteiger partial charge in [0.15, 0.2) is 0 Å². The van der Waals surface area contributed by atoms with Gasteiger partial charge in [-0.25, -0.2) is 4.98 Å². The molecule has 2 nitrogen and oxygen atoms in total. The maximum atomic E-state index is 4.72. The first-order valence-electron chi connectivity index (χ1n) is 7.81. The number of halogens is 1. The minimum Gasteiger partial charge on any atom is -0.328 e. The van der Waals surface area contributed by atoms with Crippen LogP contribution in [0.1, 0.15) is 58.2 Å². The summed E-state index contributed by atoms with van der Waals surface area (Å²) >= 11 is 0. The molecule has 1 aromatic carbocycles. The third kappa shape index (κ3) is 4.24. The maximum Gasteiger partial charge on any atom is 0.109 e. The molecular formula is C17H27ClN2. The van der Waals surface area contributed by atoms with Gasteiger partial charge in [0.25, 0.3) is 0 Å². The minimum atomic E-state index is 0. The Morgan fingerprint density at radius 2 is 1.65 bits per heavy atom. The molecule has 112 valence electrons. The van der Waals surface area contributed by atoms with Crippen LogP contribution in [0.4, 0.5) is 0 Å². The molecule has 0 saturated heterocycles. The summed E-state index contributed by atoms with van der Waals surface area (Å²) in [5.74, 6) is 1.23. The van der Waals surface area contributed by atoms with Gasteiger partial charge in [0.2, 0.25) is 0 Å². The van der Waals surface area contributed by atoms with Crippen LogP contribution in [0.3, 0.4) is 0 Å². The second kappa shape index (κ2) is 9.02. The van der Waals surface area contributed by atoms with E-state index >= 15 is 0 Å². The third-order valence-corrected chi connectivity index (χ3v) is 3.79. The standard InChI is InChI=1S/C17H26N2.ClH/c1-3-5-6-7-8-11-14-19-16-13-10-9-12-15(16)18-17(19)4-2;/h9-10,12-13H,3-8,11,14H2,1-2H3;1H. The summed E-state index contributed by atoms with van der Waals surface area (Å²) in [5.41, 5.74) is 2.44. The van der Waals surface area contributed by atoms with E-state index in [1.165, 1.54) is 49.9 Å². The molecule has 20 heavy (non-hydrogen) atoms. The fourth-order valence-electron chi connectivity index (χ4n) is 2.70. The molecule has 0 radical (unpaired) electrons. The van der Waals surface area contributed by atoms with Gasteiger partial charge in [-0.1, -0.05) is 58.1 Å². The van der Waals surface area contributed by atoms with Gasteiger partial charge in [0.05, 0.1) is 11.0 Å². The van der Waals surface area contributed by atoms with Crippen LogP contribution in [0.25, 0.3) is 11.0 Å². The number of hydrogen-bond donors (Lipinski definition) is 0. The molecule has 0 spiro atoms. The van der Waals surface area contributed by atoms with Crippen LogP contribution in [-0.2, 0) is 13.0 Å². The first-order valence-corrected chi connectivity index (χ1v) is 7.81. The first kappa shape index (κ1) is 17.0. The number of hydrogen-bond acceptors (Lipinski definition) is 1. The molecule has 0 amide bonds. The van der Waals surface area contributed by atoms with Crippen LogP contribution in [0.15, 0.2) is 24.3 Å². The molecule has 0 saturated carbocycles. The predicted octanol–water partition coefficient (Wildman–Crippen LogP) is 5.38.